The molecule has 19 heteroatoms. The molecule has 0 unspecified atom stereocenters. The molecule has 19 nitrogen and oxygen atoms in total. The fourth-order valence-corrected chi connectivity index (χ4v) is 4.00. The van der Waals surface area contributed by atoms with Crippen LogP contribution in [0.3, 0.4) is 0 Å². The third-order valence-corrected chi connectivity index (χ3v) is 6.19. The highest BCUT2D eigenvalue weighted by atomic mass is 16.4. The number of amides is 6. The molecule has 7 atom stereocenters. The fourth-order valence-electron chi connectivity index (χ4n) is 4.00. The van der Waals surface area contributed by atoms with Crippen molar-refractivity contribution in [2.45, 2.75) is 95.7 Å². The predicted octanol–water partition coefficient (Wildman–Crippen LogP) is -4.22. The summed E-state index contributed by atoms with van der Waals surface area (Å²) in [6, 6.07) is -10.3. The van der Waals surface area contributed by atoms with E-state index >= 15 is 0 Å². The van der Waals surface area contributed by atoms with E-state index in [2.05, 4.69) is 31.9 Å². The Morgan fingerprint density at radius 1 is 0.568 bits per heavy atom. The highest BCUT2D eigenvalue weighted by Crippen LogP contribution is 2.09. The zero-order valence-corrected chi connectivity index (χ0v) is 24.4. The summed E-state index contributed by atoms with van der Waals surface area (Å²) >= 11 is 0. The minimum atomic E-state index is -1.88. The van der Waals surface area contributed by atoms with Gasteiger partial charge < -0.3 is 52.3 Å². The van der Waals surface area contributed by atoms with Crippen LogP contribution < -0.4 is 31.9 Å². The fraction of sp³-hybridized carbons (Fsp3) is 0.640. The molecule has 1 fully saturated rings. The molecular formula is C25H38N6O13. The van der Waals surface area contributed by atoms with Gasteiger partial charge in [0.25, 0.3) is 0 Å². The first kappa shape index (κ1) is 37.2. The second-order valence-corrected chi connectivity index (χ2v) is 10.6. The van der Waals surface area contributed by atoms with Crippen molar-refractivity contribution < 1.29 is 63.6 Å². The number of hydrogen-bond acceptors (Lipinski definition) is 10. The van der Waals surface area contributed by atoms with Crippen LogP contribution in [-0.2, 0) is 43.2 Å². The Hall–Kier alpha value is -4.81. The first-order valence-corrected chi connectivity index (χ1v) is 13.5. The van der Waals surface area contributed by atoms with E-state index in [1.165, 1.54) is 0 Å². The van der Waals surface area contributed by atoms with Crippen LogP contribution in [0.5, 0.6) is 0 Å². The van der Waals surface area contributed by atoms with Crippen molar-refractivity contribution in [3.8, 4) is 0 Å². The Labute approximate surface area is 250 Å². The maximum Gasteiger partial charge on any atom is 0.305 e. The number of carbonyl (C=O) groups excluding carboxylic acids is 6. The van der Waals surface area contributed by atoms with Crippen molar-refractivity contribution in [3.63, 3.8) is 0 Å². The van der Waals surface area contributed by atoms with Gasteiger partial charge in [0.2, 0.25) is 35.4 Å². The highest BCUT2D eigenvalue weighted by molar-refractivity contribution is 6.00. The van der Waals surface area contributed by atoms with Gasteiger partial charge >= 0.3 is 17.9 Å². The molecule has 0 radical (unpaired) electrons. The summed E-state index contributed by atoms with van der Waals surface area (Å²) in [4.78, 5) is 112. The van der Waals surface area contributed by atoms with E-state index in [1.54, 1.807) is 13.8 Å². The van der Waals surface area contributed by atoms with Gasteiger partial charge in [-0.05, 0) is 26.2 Å². The lowest BCUT2D eigenvalue weighted by atomic mass is 10.0. The van der Waals surface area contributed by atoms with Gasteiger partial charge in [-0.25, -0.2) is 0 Å². The summed E-state index contributed by atoms with van der Waals surface area (Å²) < 4.78 is 0. The predicted molar refractivity (Wildman–Crippen MR) is 145 cm³/mol. The molecule has 246 valence electrons. The number of aliphatic hydroxyl groups excluding tert-OH is 1. The molecule has 1 aliphatic rings. The molecule has 1 rings (SSSR count). The molecule has 1 heterocycles. The normalized spacial score (nSPS) is 26.9. The number of hydrogen-bond donors (Lipinski definition) is 10. The number of aliphatic hydroxyl groups is 1. The number of nitrogens with one attached hydrogen (secondary N) is 6. The number of carbonyl (C=O) groups is 9. The number of aliphatic carboxylic acids is 3. The lowest BCUT2D eigenvalue weighted by molar-refractivity contribution is -0.144. The molecule has 0 aliphatic carbocycles. The first-order chi connectivity index (χ1) is 20.3. The zero-order chi connectivity index (χ0) is 33.9. The van der Waals surface area contributed by atoms with Gasteiger partial charge in [0.05, 0.1) is 25.4 Å². The molecule has 10 N–H and O–H groups in total. The summed E-state index contributed by atoms with van der Waals surface area (Å²) in [6.45, 7) is 5.51. The van der Waals surface area contributed by atoms with E-state index in [9.17, 15) is 63.6 Å². The Balaban J connectivity index is 3.66. The van der Waals surface area contributed by atoms with Crippen molar-refractivity contribution >= 4 is 53.4 Å². The molecule has 0 spiro atoms. The quantitative estimate of drug-likeness (QED) is 0.116. The summed E-state index contributed by atoms with van der Waals surface area (Å²) in [7, 11) is 0. The van der Waals surface area contributed by atoms with Crippen LogP contribution in [0, 0.1) is 5.92 Å². The largest absolute Gasteiger partial charge is 0.481 e. The molecule has 0 aromatic heterocycles. The summed E-state index contributed by atoms with van der Waals surface area (Å²) in [5.41, 5.74) is 0. The van der Waals surface area contributed by atoms with Crippen LogP contribution in [0.1, 0.15) is 53.4 Å². The molecule has 0 bridgehead atoms. The molecule has 1 saturated heterocycles. The van der Waals surface area contributed by atoms with E-state index in [1.807, 2.05) is 0 Å². The summed E-state index contributed by atoms with van der Waals surface area (Å²) in [6.07, 6.45) is -4.75. The molecule has 1 aliphatic heterocycles. The van der Waals surface area contributed by atoms with E-state index in [0.717, 1.165) is 13.8 Å². The average molecular weight is 631 g/mol. The Bertz CT molecular complexity index is 1160. The van der Waals surface area contributed by atoms with Crippen LogP contribution >= 0.6 is 0 Å². The maximum atomic E-state index is 13.2. The topological polar surface area (TPSA) is 307 Å². The van der Waals surface area contributed by atoms with Crippen LogP contribution in [0.4, 0.5) is 0 Å². The highest BCUT2D eigenvalue weighted by Gasteiger charge is 2.36. The van der Waals surface area contributed by atoms with E-state index in [-0.39, 0.29) is 12.3 Å². The van der Waals surface area contributed by atoms with E-state index in [0.29, 0.717) is 0 Å². The number of carboxylic acids is 3. The van der Waals surface area contributed by atoms with Gasteiger partial charge in [-0.2, -0.15) is 0 Å². The van der Waals surface area contributed by atoms with Gasteiger partial charge in [0.15, 0.2) is 0 Å². The van der Waals surface area contributed by atoms with Crippen molar-refractivity contribution in [3.05, 3.63) is 0 Å². The Kier molecular flexibility index (Phi) is 14.1. The van der Waals surface area contributed by atoms with Crippen molar-refractivity contribution in [2.24, 2.45) is 5.92 Å². The lowest BCUT2D eigenvalue weighted by Crippen LogP contribution is -2.62. The third-order valence-electron chi connectivity index (χ3n) is 6.19. The molecule has 0 saturated carbocycles. The van der Waals surface area contributed by atoms with Gasteiger partial charge in [-0.15, -0.1) is 0 Å². The molecule has 6 amide bonds. The Morgan fingerprint density at radius 2 is 0.909 bits per heavy atom. The second kappa shape index (κ2) is 16.7. The van der Waals surface area contributed by atoms with Crippen molar-refractivity contribution in [2.75, 3.05) is 0 Å². The molecular weight excluding hydrogens is 592 g/mol. The molecule has 44 heavy (non-hydrogen) atoms. The maximum absolute atomic E-state index is 13.2. The van der Waals surface area contributed by atoms with Gasteiger partial charge in [-0.3, -0.25) is 43.2 Å². The minimum absolute atomic E-state index is 0.110. The molecule has 0 aromatic carbocycles. The smallest absolute Gasteiger partial charge is 0.305 e. The van der Waals surface area contributed by atoms with Crippen LogP contribution in [0.25, 0.3) is 0 Å². The van der Waals surface area contributed by atoms with Crippen LogP contribution in [0.2, 0.25) is 0 Å². The third kappa shape index (κ3) is 12.2. The van der Waals surface area contributed by atoms with E-state index in [4.69, 9.17) is 0 Å². The van der Waals surface area contributed by atoms with Gasteiger partial charge in [0, 0.05) is 0 Å². The summed E-state index contributed by atoms with van der Waals surface area (Å²) in [5, 5.41) is 50.9. The monoisotopic (exact) mass is 630 g/mol. The molecule has 0 aromatic rings. The second-order valence-electron chi connectivity index (χ2n) is 10.6. The SMILES string of the molecule is CC(C)C[C@@H]1NC(=O)[C@H](CC(=O)O)NC(=O)[C@@H](CC(=O)O)NC(=O)[C@H](C)NC(=O)[C@H]([C@@H](C)O)NC(=O)[C@H](CC(=O)O)NC1=O. The van der Waals surface area contributed by atoms with Crippen LogP contribution in [-0.4, -0.2) is 116 Å². The van der Waals surface area contributed by atoms with Gasteiger partial charge in [-0.1, -0.05) is 13.8 Å². The van der Waals surface area contributed by atoms with Crippen molar-refractivity contribution in [1.29, 1.82) is 0 Å². The summed E-state index contributed by atoms with van der Waals surface area (Å²) in [5.74, 6) is -12.0. The number of rotatable bonds is 9. The first-order valence-electron chi connectivity index (χ1n) is 13.5. The lowest BCUT2D eigenvalue weighted by Gasteiger charge is -2.28. The van der Waals surface area contributed by atoms with Gasteiger partial charge in [0.1, 0.15) is 36.3 Å². The van der Waals surface area contributed by atoms with Crippen molar-refractivity contribution in [1.82, 2.24) is 31.9 Å². The Morgan fingerprint density at radius 3 is 1.27 bits per heavy atom. The van der Waals surface area contributed by atoms with E-state index < -0.39 is 115 Å². The standard InChI is InChI=1S/C25H38N6O13/c1-9(2)5-12-21(40)30-15(8-18(37)38)24(43)31-19(11(4)32)25(44)26-10(3)20(39)27-13(6-16(33)34)22(41)29-14(7-17(35)36)23(42)28-12/h9-15,19,32H,5-8H2,1-4H3,(H,26,44)(H,27,39)(H,28,42)(H,29,41)(H,30,40)(H,31,43)(H,33,34)(H,35,36)(H,37,38)/t10-,11+,12-,13+,14-,15-,19-/m0/s1. The minimum Gasteiger partial charge on any atom is -0.481 e. The van der Waals surface area contributed by atoms with Crippen LogP contribution in [0.15, 0.2) is 0 Å². The zero-order valence-electron chi connectivity index (χ0n) is 24.4. The average Bonchev–Trinajstić information content (AvgIpc) is 2.87. The number of carboxylic acid groups (broad SMARTS) is 3.